The average molecular weight is 300 g/mol. The van der Waals surface area contributed by atoms with Gasteiger partial charge in [0.15, 0.2) is 17.6 Å². The smallest absolute Gasteiger partial charge is 0.265 e. The highest BCUT2D eigenvalue weighted by molar-refractivity contribution is 5.96. The van der Waals surface area contributed by atoms with Crippen molar-refractivity contribution < 1.29 is 19.0 Å². The number of fused-ring (bicyclic) bond motifs is 1. The van der Waals surface area contributed by atoms with Crippen LogP contribution in [-0.2, 0) is 4.79 Å². The Balaban J connectivity index is 1.65. The molecule has 1 aliphatic heterocycles. The number of anilines is 2. The molecule has 22 heavy (non-hydrogen) atoms. The van der Waals surface area contributed by atoms with Crippen molar-refractivity contribution >= 4 is 17.3 Å². The van der Waals surface area contributed by atoms with Gasteiger partial charge in [-0.05, 0) is 31.2 Å². The second-order valence-electron chi connectivity index (χ2n) is 4.85. The molecule has 3 rings (SSSR count). The Morgan fingerprint density at radius 1 is 1.23 bits per heavy atom. The predicted molar refractivity (Wildman–Crippen MR) is 82.1 cm³/mol. The molecule has 0 saturated heterocycles. The van der Waals surface area contributed by atoms with E-state index in [9.17, 15) is 4.79 Å². The van der Waals surface area contributed by atoms with Gasteiger partial charge in [-0.2, -0.15) is 0 Å². The van der Waals surface area contributed by atoms with Crippen LogP contribution in [0.25, 0.3) is 0 Å². The fraction of sp³-hybridized carbons (Fsp3) is 0.188. The van der Waals surface area contributed by atoms with Gasteiger partial charge in [-0.15, -0.1) is 0 Å². The van der Waals surface area contributed by atoms with Crippen LogP contribution < -0.4 is 25.3 Å². The predicted octanol–water partition coefficient (Wildman–Crippen LogP) is 2.40. The number of nitrogen functional groups attached to an aromatic ring is 1. The van der Waals surface area contributed by atoms with Crippen molar-refractivity contribution in [1.82, 2.24) is 0 Å². The molecular formula is C16H16N2O4. The quantitative estimate of drug-likeness (QED) is 0.847. The summed E-state index contributed by atoms with van der Waals surface area (Å²) in [5, 5.41) is 2.74. The second-order valence-corrected chi connectivity index (χ2v) is 4.85. The molecule has 0 bridgehead atoms. The summed E-state index contributed by atoms with van der Waals surface area (Å²) in [7, 11) is 0. The Kier molecular flexibility index (Phi) is 3.74. The number of para-hydroxylation sites is 2. The van der Waals surface area contributed by atoms with Crippen LogP contribution in [0.2, 0.25) is 0 Å². The van der Waals surface area contributed by atoms with E-state index in [0.29, 0.717) is 28.6 Å². The molecule has 0 saturated carbocycles. The number of hydrogen-bond donors (Lipinski definition) is 2. The van der Waals surface area contributed by atoms with Crippen LogP contribution in [0.5, 0.6) is 17.2 Å². The molecule has 0 aromatic heterocycles. The summed E-state index contributed by atoms with van der Waals surface area (Å²) in [4.78, 5) is 12.2. The number of nitrogens with two attached hydrogens (primary N) is 1. The maximum atomic E-state index is 12.2. The molecule has 2 aromatic carbocycles. The van der Waals surface area contributed by atoms with Gasteiger partial charge in [0.25, 0.3) is 5.91 Å². The minimum absolute atomic E-state index is 0.197. The SMILES string of the molecule is CC(Oc1ccc2c(c1)OCO2)C(=O)Nc1ccccc1N. The number of nitrogens with one attached hydrogen (secondary N) is 1. The lowest BCUT2D eigenvalue weighted by molar-refractivity contribution is -0.122. The van der Waals surface area contributed by atoms with Gasteiger partial charge in [0.2, 0.25) is 6.79 Å². The number of carbonyl (C=O) groups is 1. The largest absolute Gasteiger partial charge is 0.481 e. The Bertz CT molecular complexity index is 702. The Hall–Kier alpha value is -2.89. The zero-order chi connectivity index (χ0) is 15.5. The van der Waals surface area contributed by atoms with Crippen molar-refractivity contribution in [3.63, 3.8) is 0 Å². The molecule has 1 amide bonds. The zero-order valence-electron chi connectivity index (χ0n) is 12.0. The van der Waals surface area contributed by atoms with Crippen molar-refractivity contribution in [1.29, 1.82) is 0 Å². The van der Waals surface area contributed by atoms with Gasteiger partial charge in [0, 0.05) is 6.07 Å². The summed E-state index contributed by atoms with van der Waals surface area (Å²) < 4.78 is 16.1. The van der Waals surface area contributed by atoms with Crippen LogP contribution >= 0.6 is 0 Å². The first kappa shape index (κ1) is 14.1. The molecule has 0 radical (unpaired) electrons. The molecule has 3 N–H and O–H groups in total. The summed E-state index contributed by atoms with van der Waals surface area (Å²) in [6.07, 6.45) is -0.681. The monoisotopic (exact) mass is 300 g/mol. The molecule has 2 aromatic rings. The number of carbonyl (C=O) groups excluding carboxylic acids is 1. The van der Waals surface area contributed by atoms with Crippen molar-refractivity contribution in [2.24, 2.45) is 0 Å². The van der Waals surface area contributed by atoms with E-state index in [-0.39, 0.29) is 12.7 Å². The minimum atomic E-state index is -0.681. The van der Waals surface area contributed by atoms with Crippen LogP contribution in [0.4, 0.5) is 11.4 Å². The first-order valence-corrected chi connectivity index (χ1v) is 6.85. The van der Waals surface area contributed by atoms with Gasteiger partial charge < -0.3 is 25.3 Å². The maximum absolute atomic E-state index is 12.2. The van der Waals surface area contributed by atoms with Gasteiger partial charge in [-0.1, -0.05) is 12.1 Å². The molecule has 6 nitrogen and oxygen atoms in total. The van der Waals surface area contributed by atoms with Crippen LogP contribution in [0.1, 0.15) is 6.92 Å². The molecule has 0 spiro atoms. The average Bonchev–Trinajstić information content (AvgIpc) is 2.97. The molecule has 0 fully saturated rings. The summed E-state index contributed by atoms with van der Waals surface area (Å²) in [6.45, 7) is 1.86. The number of benzene rings is 2. The molecular weight excluding hydrogens is 284 g/mol. The summed E-state index contributed by atoms with van der Waals surface area (Å²) in [5.74, 6) is 1.53. The first-order valence-electron chi connectivity index (χ1n) is 6.85. The topological polar surface area (TPSA) is 82.8 Å². The van der Waals surface area contributed by atoms with E-state index in [1.807, 2.05) is 0 Å². The summed E-state index contributed by atoms with van der Waals surface area (Å²) in [6, 6.07) is 12.2. The van der Waals surface area contributed by atoms with E-state index in [1.165, 1.54) is 0 Å². The molecule has 0 aliphatic carbocycles. The maximum Gasteiger partial charge on any atom is 0.265 e. The zero-order valence-corrected chi connectivity index (χ0v) is 12.0. The van der Waals surface area contributed by atoms with Crippen LogP contribution in [-0.4, -0.2) is 18.8 Å². The van der Waals surface area contributed by atoms with E-state index in [4.69, 9.17) is 19.9 Å². The summed E-state index contributed by atoms with van der Waals surface area (Å²) >= 11 is 0. The molecule has 1 heterocycles. The third-order valence-corrected chi connectivity index (χ3v) is 3.24. The van der Waals surface area contributed by atoms with Gasteiger partial charge in [-0.25, -0.2) is 0 Å². The number of hydrogen-bond acceptors (Lipinski definition) is 5. The van der Waals surface area contributed by atoms with Gasteiger partial charge >= 0.3 is 0 Å². The van der Waals surface area contributed by atoms with Crippen LogP contribution in [0.15, 0.2) is 42.5 Å². The first-order chi connectivity index (χ1) is 10.6. The van der Waals surface area contributed by atoms with Crippen molar-refractivity contribution in [3.8, 4) is 17.2 Å². The molecule has 1 aliphatic rings. The minimum Gasteiger partial charge on any atom is -0.481 e. The number of ether oxygens (including phenoxy) is 3. The lowest BCUT2D eigenvalue weighted by atomic mass is 10.2. The van der Waals surface area contributed by atoms with Crippen LogP contribution in [0.3, 0.4) is 0 Å². The van der Waals surface area contributed by atoms with Gasteiger partial charge in [0.1, 0.15) is 5.75 Å². The lowest BCUT2D eigenvalue weighted by Gasteiger charge is -2.15. The number of rotatable bonds is 4. The van der Waals surface area contributed by atoms with Gasteiger partial charge in [0.05, 0.1) is 11.4 Å². The standard InChI is InChI=1S/C16H16N2O4/c1-10(16(19)18-13-5-3-2-4-12(13)17)22-11-6-7-14-15(8-11)21-9-20-14/h2-8,10H,9,17H2,1H3,(H,18,19). The normalized spacial score (nSPS) is 13.5. The summed E-state index contributed by atoms with van der Waals surface area (Å²) in [5.41, 5.74) is 6.87. The van der Waals surface area contributed by atoms with E-state index >= 15 is 0 Å². The van der Waals surface area contributed by atoms with Crippen LogP contribution in [0, 0.1) is 0 Å². The molecule has 6 heteroatoms. The van der Waals surface area contributed by atoms with E-state index < -0.39 is 6.10 Å². The van der Waals surface area contributed by atoms with Crippen molar-refractivity contribution in [2.75, 3.05) is 17.8 Å². The van der Waals surface area contributed by atoms with Gasteiger partial charge in [-0.3, -0.25) is 4.79 Å². The molecule has 1 unspecified atom stereocenters. The highest BCUT2D eigenvalue weighted by Crippen LogP contribution is 2.35. The van der Waals surface area contributed by atoms with E-state index in [2.05, 4.69) is 5.32 Å². The Labute approximate surface area is 127 Å². The van der Waals surface area contributed by atoms with Crippen molar-refractivity contribution in [2.45, 2.75) is 13.0 Å². The fourth-order valence-electron chi connectivity index (χ4n) is 2.05. The highest BCUT2D eigenvalue weighted by atomic mass is 16.7. The van der Waals surface area contributed by atoms with E-state index in [0.717, 1.165) is 0 Å². The Morgan fingerprint density at radius 2 is 2.00 bits per heavy atom. The lowest BCUT2D eigenvalue weighted by Crippen LogP contribution is -2.30. The fourth-order valence-corrected chi connectivity index (χ4v) is 2.05. The molecule has 1 atom stereocenters. The third-order valence-electron chi connectivity index (χ3n) is 3.24. The van der Waals surface area contributed by atoms with E-state index in [1.54, 1.807) is 49.4 Å². The van der Waals surface area contributed by atoms with Crippen molar-refractivity contribution in [3.05, 3.63) is 42.5 Å². The number of amides is 1. The molecule has 114 valence electrons. The second kappa shape index (κ2) is 5.85. The highest BCUT2D eigenvalue weighted by Gasteiger charge is 2.18. The Morgan fingerprint density at radius 3 is 2.82 bits per heavy atom. The third kappa shape index (κ3) is 2.90.